The Labute approximate surface area is 97.3 Å². The lowest BCUT2D eigenvalue weighted by Gasteiger charge is -2.22. The molecule has 16 heavy (non-hydrogen) atoms. The summed E-state index contributed by atoms with van der Waals surface area (Å²) in [7, 11) is 0. The van der Waals surface area contributed by atoms with Crippen molar-refractivity contribution >= 4 is 0 Å². The van der Waals surface area contributed by atoms with E-state index in [1.165, 1.54) is 0 Å². The van der Waals surface area contributed by atoms with Crippen LogP contribution in [-0.4, -0.2) is 4.57 Å². The van der Waals surface area contributed by atoms with Crippen molar-refractivity contribution in [2.45, 2.75) is 52.6 Å². The van der Waals surface area contributed by atoms with Crippen LogP contribution in [0.15, 0.2) is 16.9 Å². The van der Waals surface area contributed by atoms with Gasteiger partial charge in [0.15, 0.2) is 0 Å². The van der Waals surface area contributed by atoms with Gasteiger partial charge in [-0.25, -0.2) is 0 Å². The Morgan fingerprint density at radius 1 is 1.38 bits per heavy atom. The third kappa shape index (κ3) is 2.35. The summed E-state index contributed by atoms with van der Waals surface area (Å²) in [4.78, 5) is 12.3. The fourth-order valence-electron chi connectivity index (χ4n) is 1.91. The lowest BCUT2D eigenvalue weighted by Crippen LogP contribution is -2.38. The Bertz CT molecular complexity index is 425. The molecule has 3 heteroatoms. The average molecular weight is 222 g/mol. The molecule has 2 N–H and O–H groups in total. The molecule has 0 saturated heterocycles. The van der Waals surface area contributed by atoms with Gasteiger partial charge in [-0.1, -0.05) is 13.8 Å². The summed E-state index contributed by atoms with van der Waals surface area (Å²) in [6.07, 6.45) is 0. The number of nitrogens with two attached hydrogens (primary N) is 1. The average Bonchev–Trinajstić information content (AvgIpc) is 2.14. The van der Waals surface area contributed by atoms with Gasteiger partial charge in [0.2, 0.25) is 0 Å². The molecule has 3 nitrogen and oxygen atoms in total. The van der Waals surface area contributed by atoms with Crippen LogP contribution in [-0.2, 0) is 12.1 Å². The second-order valence-electron chi connectivity index (χ2n) is 5.10. The fraction of sp³-hybridized carbons (Fsp3) is 0.615. The summed E-state index contributed by atoms with van der Waals surface area (Å²) in [6, 6.07) is 3.88. The highest BCUT2D eigenvalue weighted by Crippen LogP contribution is 2.17. The van der Waals surface area contributed by atoms with Gasteiger partial charge in [-0.3, -0.25) is 4.79 Å². The number of pyridine rings is 1. The predicted molar refractivity (Wildman–Crippen MR) is 67.7 cm³/mol. The van der Waals surface area contributed by atoms with Crippen LogP contribution in [0.4, 0.5) is 0 Å². The second-order valence-corrected chi connectivity index (χ2v) is 5.10. The zero-order valence-electron chi connectivity index (χ0n) is 10.9. The summed E-state index contributed by atoms with van der Waals surface area (Å²) in [5.41, 5.74) is 7.21. The molecule has 1 heterocycles. The fourth-order valence-corrected chi connectivity index (χ4v) is 1.91. The van der Waals surface area contributed by atoms with E-state index in [2.05, 4.69) is 13.8 Å². The van der Waals surface area contributed by atoms with Crippen LogP contribution in [0, 0.1) is 0 Å². The Morgan fingerprint density at radius 3 is 2.31 bits per heavy atom. The molecule has 0 aliphatic rings. The number of rotatable bonds is 3. The molecule has 0 spiro atoms. The largest absolute Gasteiger partial charge is 0.322 e. The van der Waals surface area contributed by atoms with Crippen molar-refractivity contribution in [3.8, 4) is 0 Å². The van der Waals surface area contributed by atoms with Crippen LogP contribution in [0.25, 0.3) is 0 Å². The van der Waals surface area contributed by atoms with Crippen molar-refractivity contribution in [3.63, 3.8) is 0 Å². The monoisotopic (exact) mass is 222 g/mol. The smallest absolute Gasteiger partial charge is 0.255 e. The Kier molecular flexibility index (Phi) is 3.58. The van der Waals surface area contributed by atoms with Crippen molar-refractivity contribution in [1.82, 2.24) is 4.57 Å². The van der Waals surface area contributed by atoms with E-state index in [0.717, 1.165) is 5.69 Å². The first-order valence-electron chi connectivity index (χ1n) is 5.82. The topological polar surface area (TPSA) is 48.0 Å². The van der Waals surface area contributed by atoms with Crippen molar-refractivity contribution in [2.75, 3.05) is 0 Å². The van der Waals surface area contributed by atoms with Crippen LogP contribution >= 0.6 is 0 Å². The van der Waals surface area contributed by atoms with Gasteiger partial charge >= 0.3 is 0 Å². The third-order valence-electron chi connectivity index (χ3n) is 2.81. The molecule has 1 aromatic heterocycles. The van der Waals surface area contributed by atoms with Gasteiger partial charge in [0.1, 0.15) is 0 Å². The molecule has 0 saturated carbocycles. The van der Waals surface area contributed by atoms with Gasteiger partial charge in [0.05, 0.1) is 0 Å². The van der Waals surface area contributed by atoms with Gasteiger partial charge in [0, 0.05) is 23.3 Å². The molecule has 0 aliphatic carbocycles. The summed E-state index contributed by atoms with van der Waals surface area (Å²) < 4.78 is 1.81. The van der Waals surface area contributed by atoms with E-state index in [9.17, 15) is 4.79 Å². The minimum atomic E-state index is -0.580. The van der Waals surface area contributed by atoms with Crippen molar-refractivity contribution < 1.29 is 0 Å². The van der Waals surface area contributed by atoms with Gasteiger partial charge in [-0.05, 0) is 38.8 Å². The molecule has 90 valence electrons. The van der Waals surface area contributed by atoms with Crippen LogP contribution in [0.1, 0.15) is 51.8 Å². The molecular formula is C13H22N2O. The predicted octanol–water partition coefficient (Wildman–Crippen LogP) is 2.19. The maximum atomic E-state index is 12.3. The number of aromatic nitrogens is 1. The van der Waals surface area contributed by atoms with E-state index in [4.69, 9.17) is 5.73 Å². The highest BCUT2D eigenvalue weighted by Gasteiger charge is 2.20. The Hall–Kier alpha value is -1.09. The number of hydrogen-bond donors (Lipinski definition) is 1. The zero-order valence-corrected chi connectivity index (χ0v) is 10.9. The standard InChI is InChI=1S/C13H22N2O/c1-6-15-11(9(2)3)8-7-10(12(15)16)13(4,5)14/h7-9H,6,14H2,1-5H3. The summed E-state index contributed by atoms with van der Waals surface area (Å²) in [6.45, 7) is 10.6. The lowest BCUT2D eigenvalue weighted by molar-refractivity contribution is 0.527. The molecule has 0 radical (unpaired) electrons. The van der Waals surface area contributed by atoms with E-state index in [-0.39, 0.29) is 5.56 Å². The number of nitrogens with zero attached hydrogens (tertiary/aromatic N) is 1. The van der Waals surface area contributed by atoms with Gasteiger partial charge in [-0.2, -0.15) is 0 Å². The van der Waals surface area contributed by atoms with Crippen molar-refractivity contribution in [3.05, 3.63) is 33.7 Å². The zero-order chi connectivity index (χ0) is 12.5. The quantitative estimate of drug-likeness (QED) is 0.852. The Morgan fingerprint density at radius 2 is 1.94 bits per heavy atom. The molecular weight excluding hydrogens is 200 g/mol. The summed E-state index contributed by atoms with van der Waals surface area (Å²) in [5, 5.41) is 0. The molecule has 1 rings (SSSR count). The van der Waals surface area contributed by atoms with E-state index < -0.39 is 5.54 Å². The molecule has 1 aromatic rings. The molecule has 0 atom stereocenters. The highest BCUT2D eigenvalue weighted by molar-refractivity contribution is 5.23. The first-order chi connectivity index (χ1) is 7.29. The summed E-state index contributed by atoms with van der Waals surface area (Å²) in [5.74, 6) is 0.350. The van der Waals surface area contributed by atoms with Crippen molar-refractivity contribution in [2.24, 2.45) is 5.73 Å². The molecule has 0 amide bonds. The molecule has 0 fully saturated rings. The SMILES string of the molecule is CCn1c(C(C)C)ccc(C(C)(C)N)c1=O. The third-order valence-corrected chi connectivity index (χ3v) is 2.81. The van der Waals surface area contributed by atoms with E-state index in [1.54, 1.807) is 0 Å². The van der Waals surface area contributed by atoms with Gasteiger partial charge < -0.3 is 10.3 Å². The van der Waals surface area contributed by atoms with Gasteiger partial charge in [-0.15, -0.1) is 0 Å². The minimum absolute atomic E-state index is 0.0428. The van der Waals surface area contributed by atoms with Crippen LogP contribution in [0.5, 0.6) is 0 Å². The first-order valence-corrected chi connectivity index (χ1v) is 5.82. The lowest BCUT2D eigenvalue weighted by atomic mass is 9.95. The first kappa shape index (κ1) is 13.0. The highest BCUT2D eigenvalue weighted by atomic mass is 16.1. The van der Waals surface area contributed by atoms with Crippen LogP contribution < -0.4 is 11.3 Å². The maximum Gasteiger partial charge on any atom is 0.255 e. The van der Waals surface area contributed by atoms with Crippen LogP contribution in [0.2, 0.25) is 0 Å². The van der Waals surface area contributed by atoms with E-state index in [0.29, 0.717) is 18.0 Å². The maximum absolute atomic E-state index is 12.3. The normalized spacial score (nSPS) is 12.2. The molecule has 0 unspecified atom stereocenters. The van der Waals surface area contributed by atoms with Crippen LogP contribution in [0.3, 0.4) is 0 Å². The molecule has 0 bridgehead atoms. The molecule has 0 aliphatic heterocycles. The van der Waals surface area contributed by atoms with Gasteiger partial charge in [0.25, 0.3) is 5.56 Å². The minimum Gasteiger partial charge on any atom is -0.322 e. The number of hydrogen-bond acceptors (Lipinski definition) is 2. The summed E-state index contributed by atoms with van der Waals surface area (Å²) >= 11 is 0. The molecule has 0 aromatic carbocycles. The van der Waals surface area contributed by atoms with E-state index >= 15 is 0 Å². The Balaban J connectivity index is 3.47. The van der Waals surface area contributed by atoms with Crippen molar-refractivity contribution in [1.29, 1.82) is 0 Å². The van der Waals surface area contributed by atoms with E-state index in [1.807, 2.05) is 37.5 Å². The second kappa shape index (κ2) is 4.42.